The van der Waals surface area contributed by atoms with Crippen molar-refractivity contribution in [1.82, 2.24) is 0 Å². The lowest BCUT2D eigenvalue weighted by atomic mass is 10.0. The van der Waals surface area contributed by atoms with E-state index in [1.165, 1.54) is 0 Å². The Morgan fingerprint density at radius 2 is 2.00 bits per heavy atom. The Kier molecular flexibility index (Phi) is 3.61. The summed E-state index contributed by atoms with van der Waals surface area (Å²) in [6, 6.07) is 8.72. The number of sulfone groups is 1. The van der Waals surface area contributed by atoms with E-state index < -0.39 is 33.0 Å². The molecule has 1 aliphatic rings. The number of nitrogens with zero attached hydrogens (tertiary/aromatic N) is 1. The first-order valence-electron chi connectivity index (χ1n) is 5.92. The fraction of sp³-hybridized carbons (Fsp3) is 0.462. The highest BCUT2D eigenvalue weighted by Gasteiger charge is 2.71. The van der Waals surface area contributed by atoms with Crippen molar-refractivity contribution in [2.75, 3.05) is 12.4 Å². The van der Waals surface area contributed by atoms with Gasteiger partial charge in [-0.25, -0.2) is 8.42 Å². The third-order valence-electron chi connectivity index (χ3n) is 3.74. The average molecular weight is 300 g/mol. The lowest BCUT2D eigenvalue weighted by Gasteiger charge is -2.03. The van der Waals surface area contributed by atoms with Crippen LogP contribution in [0.1, 0.15) is 18.4 Å². The van der Waals surface area contributed by atoms with Crippen LogP contribution in [-0.4, -0.2) is 31.1 Å². The Hall–Kier alpha value is -1.09. The molecule has 4 nitrogen and oxygen atoms in total. The van der Waals surface area contributed by atoms with Crippen LogP contribution >= 0.6 is 11.6 Å². The number of benzene rings is 1. The van der Waals surface area contributed by atoms with Crippen molar-refractivity contribution >= 4 is 21.4 Å². The largest absolute Gasteiger partial charge is 0.395 e. The van der Waals surface area contributed by atoms with E-state index in [1.807, 2.05) is 6.07 Å². The first kappa shape index (κ1) is 14.3. The number of nitriles is 1. The van der Waals surface area contributed by atoms with E-state index in [2.05, 4.69) is 0 Å². The minimum atomic E-state index is -3.38. The van der Waals surface area contributed by atoms with Crippen LogP contribution < -0.4 is 0 Å². The van der Waals surface area contributed by atoms with Gasteiger partial charge in [0.1, 0.15) is 5.41 Å². The van der Waals surface area contributed by atoms with Crippen molar-refractivity contribution in [2.45, 2.75) is 18.1 Å². The van der Waals surface area contributed by atoms with Crippen molar-refractivity contribution in [3.63, 3.8) is 0 Å². The quantitative estimate of drug-likeness (QED) is 0.918. The summed E-state index contributed by atoms with van der Waals surface area (Å²) in [5.41, 5.74) is -0.495. The molecule has 102 valence electrons. The van der Waals surface area contributed by atoms with Gasteiger partial charge in [-0.15, -0.1) is 0 Å². The highest BCUT2D eigenvalue weighted by atomic mass is 35.5. The zero-order valence-corrected chi connectivity index (χ0v) is 11.9. The van der Waals surface area contributed by atoms with Gasteiger partial charge in [0.15, 0.2) is 9.84 Å². The summed E-state index contributed by atoms with van der Waals surface area (Å²) in [5.74, 6) is -0.518. The number of halogens is 1. The van der Waals surface area contributed by atoms with Crippen molar-refractivity contribution < 1.29 is 13.5 Å². The maximum absolute atomic E-state index is 12.1. The molecule has 0 aromatic heterocycles. The molecule has 3 atom stereocenters. The summed E-state index contributed by atoms with van der Waals surface area (Å²) in [7, 11) is -3.38. The smallest absolute Gasteiger partial charge is 0.155 e. The first-order valence-corrected chi connectivity index (χ1v) is 8.01. The van der Waals surface area contributed by atoms with Gasteiger partial charge in [-0.3, -0.25) is 0 Å². The second kappa shape index (κ2) is 4.78. The predicted octanol–water partition coefficient (Wildman–Crippen LogP) is 1.74. The van der Waals surface area contributed by atoms with Crippen molar-refractivity contribution in [3.8, 4) is 6.07 Å². The van der Waals surface area contributed by atoms with E-state index in [9.17, 15) is 18.8 Å². The molecule has 0 spiro atoms. The molecular weight excluding hydrogens is 286 g/mol. The summed E-state index contributed by atoms with van der Waals surface area (Å²) in [4.78, 5) is 0. The lowest BCUT2D eigenvalue weighted by Crippen LogP contribution is -2.19. The maximum Gasteiger partial charge on any atom is 0.155 e. The Balaban J connectivity index is 2.46. The molecule has 0 aliphatic heterocycles. The molecule has 1 aromatic rings. The van der Waals surface area contributed by atoms with Gasteiger partial charge in [0.2, 0.25) is 0 Å². The third-order valence-corrected chi connectivity index (χ3v) is 6.27. The lowest BCUT2D eigenvalue weighted by molar-refractivity contribution is 0.242. The molecule has 0 heterocycles. The van der Waals surface area contributed by atoms with E-state index in [0.29, 0.717) is 5.02 Å². The molecule has 2 rings (SSSR count). The molecule has 0 amide bonds. The van der Waals surface area contributed by atoms with Crippen molar-refractivity contribution in [2.24, 2.45) is 5.41 Å². The monoisotopic (exact) mass is 299 g/mol. The molecule has 1 saturated carbocycles. The Bertz CT molecular complexity index is 620. The van der Waals surface area contributed by atoms with E-state index in [1.54, 1.807) is 31.2 Å². The fourth-order valence-electron chi connectivity index (χ4n) is 2.61. The van der Waals surface area contributed by atoms with Crippen LogP contribution in [0.5, 0.6) is 0 Å². The summed E-state index contributed by atoms with van der Waals surface area (Å²) in [5, 5.41) is 18.4. The van der Waals surface area contributed by atoms with E-state index >= 15 is 0 Å². The Morgan fingerprint density at radius 3 is 2.42 bits per heavy atom. The Morgan fingerprint density at radius 1 is 1.42 bits per heavy atom. The summed E-state index contributed by atoms with van der Waals surface area (Å²) in [6.45, 7) is 1.09. The molecule has 1 fully saturated rings. The van der Waals surface area contributed by atoms with E-state index in [0.717, 1.165) is 5.56 Å². The van der Waals surface area contributed by atoms with E-state index in [4.69, 9.17) is 11.6 Å². The number of aliphatic hydroxyl groups is 1. The van der Waals surface area contributed by atoms with Crippen LogP contribution in [0.2, 0.25) is 5.02 Å². The Labute approximate surface area is 117 Å². The summed E-state index contributed by atoms with van der Waals surface area (Å²) >= 11 is 5.80. The molecule has 0 radical (unpaired) electrons. The second-order valence-corrected chi connectivity index (χ2v) is 7.56. The number of hydrogen-bond acceptors (Lipinski definition) is 4. The fourth-order valence-corrected chi connectivity index (χ4v) is 4.75. The molecule has 0 unspecified atom stereocenters. The van der Waals surface area contributed by atoms with Crippen LogP contribution in [0.4, 0.5) is 0 Å². The molecule has 19 heavy (non-hydrogen) atoms. The highest BCUT2D eigenvalue weighted by Crippen LogP contribution is 2.62. The van der Waals surface area contributed by atoms with Gasteiger partial charge < -0.3 is 5.11 Å². The topological polar surface area (TPSA) is 78.2 Å². The molecule has 6 heteroatoms. The van der Waals surface area contributed by atoms with Crippen LogP contribution in [0, 0.1) is 16.7 Å². The summed E-state index contributed by atoms with van der Waals surface area (Å²) < 4.78 is 24.1. The van der Waals surface area contributed by atoms with Crippen LogP contribution in [0.15, 0.2) is 24.3 Å². The average Bonchev–Trinajstić information content (AvgIpc) is 3.10. The van der Waals surface area contributed by atoms with Gasteiger partial charge >= 0.3 is 0 Å². The molecular formula is C13H14ClNO3S. The SMILES string of the molecule is CCS(=O)(=O)[C@@H]1[C@H](c2ccc(Cl)cc2)[C@@]1(C#N)CO. The van der Waals surface area contributed by atoms with Crippen molar-refractivity contribution in [1.29, 1.82) is 5.26 Å². The molecule has 1 N–H and O–H groups in total. The predicted molar refractivity (Wildman–Crippen MR) is 72.6 cm³/mol. The standard InChI is InChI=1S/C13H14ClNO3S/c1-2-19(17,18)12-11(13(12,7-15)8-16)9-3-5-10(14)6-4-9/h3-6,11-12,16H,2,8H2,1H3/t11-,12+,13+/m0/s1. The van der Waals surface area contributed by atoms with Gasteiger partial charge in [0, 0.05) is 16.7 Å². The normalized spacial score (nSPS) is 29.8. The second-order valence-electron chi connectivity index (χ2n) is 4.71. The van der Waals surface area contributed by atoms with Crippen LogP contribution in [0.25, 0.3) is 0 Å². The van der Waals surface area contributed by atoms with E-state index in [-0.39, 0.29) is 5.75 Å². The minimum Gasteiger partial charge on any atom is -0.395 e. The van der Waals surface area contributed by atoms with Crippen LogP contribution in [0.3, 0.4) is 0 Å². The summed E-state index contributed by atoms with van der Waals surface area (Å²) in [6.07, 6.45) is 0. The molecule has 0 bridgehead atoms. The number of hydrogen-bond donors (Lipinski definition) is 1. The molecule has 0 saturated heterocycles. The van der Waals surface area contributed by atoms with Gasteiger partial charge in [-0.05, 0) is 17.7 Å². The van der Waals surface area contributed by atoms with Gasteiger partial charge in [-0.2, -0.15) is 5.26 Å². The van der Waals surface area contributed by atoms with Gasteiger partial charge in [0.05, 0.1) is 17.9 Å². The molecule has 1 aromatic carbocycles. The van der Waals surface area contributed by atoms with Crippen molar-refractivity contribution in [3.05, 3.63) is 34.9 Å². The highest BCUT2D eigenvalue weighted by molar-refractivity contribution is 7.92. The maximum atomic E-state index is 12.1. The molecule has 1 aliphatic carbocycles. The third kappa shape index (κ3) is 2.14. The first-order chi connectivity index (χ1) is 8.93. The van der Waals surface area contributed by atoms with Gasteiger partial charge in [-0.1, -0.05) is 30.7 Å². The number of aliphatic hydroxyl groups excluding tert-OH is 1. The van der Waals surface area contributed by atoms with Gasteiger partial charge in [0.25, 0.3) is 0 Å². The van der Waals surface area contributed by atoms with Crippen LogP contribution in [-0.2, 0) is 9.84 Å². The zero-order chi connectivity index (χ0) is 14.3. The zero-order valence-electron chi connectivity index (χ0n) is 10.4. The number of rotatable bonds is 4. The minimum absolute atomic E-state index is 0.0365.